The minimum absolute atomic E-state index is 0.0153. The van der Waals surface area contributed by atoms with E-state index in [1.165, 1.54) is 7.11 Å². The first-order chi connectivity index (χ1) is 15.9. The molecule has 1 N–H and O–H groups in total. The van der Waals surface area contributed by atoms with E-state index in [1.54, 1.807) is 18.2 Å². The smallest absolute Gasteiger partial charge is 0.341 e. The van der Waals surface area contributed by atoms with Gasteiger partial charge in [0, 0.05) is 37.2 Å². The van der Waals surface area contributed by atoms with Crippen molar-refractivity contribution in [1.82, 2.24) is 15.1 Å². The average molecular weight is 478 g/mol. The summed E-state index contributed by atoms with van der Waals surface area (Å²) in [4.78, 5) is 25.4. The molecule has 1 aromatic carbocycles. The fourth-order valence-corrected chi connectivity index (χ4v) is 4.01. The number of fused-ring (bicyclic) bond motifs is 1. The predicted octanol–water partition coefficient (Wildman–Crippen LogP) is 3.68. The van der Waals surface area contributed by atoms with Crippen LogP contribution in [0.3, 0.4) is 0 Å². The highest BCUT2D eigenvalue weighted by Crippen LogP contribution is 2.24. The van der Waals surface area contributed by atoms with Crippen LogP contribution in [0.1, 0.15) is 58.8 Å². The van der Waals surface area contributed by atoms with Crippen molar-refractivity contribution in [2.75, 3.05) is 33.5 Å². The molecule has 33 heavy (non-hydrogen) atoms. The van der Waals surface area contributed by atoms with E-state index >= 15 is 0 Å². The Kier molecular flexibility index (Phi) is 9.14. The van der Waals surface area contributed by atoms with Gasteiger partial charge in [0.15, 0.2) is 0 Å². The van der Waals surface area contributed by atoms with E-state index < -0.39 is 5.97 Å². The zero-order valence-corrected chi connectivity index (χ0v) is 20.2. The second-order valence-electron chi connectivity index (χ2n) is 8.18. The van der Waals surface area contributed by atoms with Crippen LogP contribution in [0.2, 0.25) is 5.02 Å². The van der Waals surface area contributed by atoms with E-state index in [2.05, 4.69) is 5.32 Å². The van der Waals surface area contributed by atoms with Gasteiger partial charge in [0.25, 0.3) is 5.91 Å². The van der Waals surface area contributed by atoms with E-state index in [1.807, 2.05) is 18.5 Å². The molecule has 8 nitrogen and oxygen atoms in total. The lowest BCUT2D eigenvalue weighted by Gasteiger charge is -2.16. The van der Waals surface area contributed by atoms with Crippen molar-refractivity contribution in [1.29, 1.82) is 0 Å². The summed E-state index contributed by atoms with van der Waals surface area (Å²) in [5, 5.41) is 8.20. The Balaban J connectivity index is 1.72. The molecule has 3 rings (SSSR count). The van der Waals surface area contributed by atoms with E-state index in [0.29, 0.717) is 61.0 Å². The number of benzene rings is 1. The molecule has 0 spiro atoms. The third-order valence-electron chi connectivity index (χ3n) is 5.51. The van der Waals surface area contributed by atoms with E-state index in [0.717, 1.165) is 24.2 Å². The highest BCUT2D eigenvalue weighted by Gasteiger charge is 2.24. The lowest BCUT2D eigenvalue weighted by molar-refractivity contribution is 0.0432. The van der Waals surface area contributed by atoms with Crippen LogP contribution in [0, 0.1) is 5.92 Å². The number of hydrogen-bond acceptors (Lipinski definition) is 6. The SMILES string of the molecule is CCc1nn(C[C@@H](C)COC(=O)c2ccc(Cl)cc2OC)c2c1C(=O)NCCCOCCC2. The fraction of sp³-hybridized carbons (Fsp3) is 0.542. The molecule has 0 aliphatic carbocycles. The Labute approximate surface area is 199 Å². The molecular weight excluding hydrogens is 446 g/mol. The van der Waals surface area contributed by atoms with Crippen LogP contribution in [0.4, 0.5) is 0 Å². The van der Waals surface area contributed by atoms with Gasteiger partial charge in [0.1, 0.15) is 11.3 Å². The maximum Gasteiger partial charge on any atom is 0.341 e. The van der Waals surface area contributed by atoms with Crippen LogP contribution in [0.15, 0.2) is 18.2 Å². The minimum atomic E-state index is -0.471. The summed E-state index contributed by atoms with van der Waals surface area (Å²) in [5.74, 6) is -0.194. The van der Waals surface area contributed by atoms with Crippen molar-refractivity contribution in [2.24, 2.45) is 5.92 Å². The Hall–Kier alpha value is -2.58. The number of aryl methyl sites for hydroxylation is 1. The third-order valence-corrected chi connectivity index (χ3v) is 5.75. The zero-order valence-electron chi connectivity index (χ0n) is 19.5. The number of nitrogens with one attached hydrogen (secondary N) is 1. The Bertz CT molecular complexity index is 975. The maximum absolute atomic E-state index is 12.9. The number of carbonyl (C=O) groups excluding carboxylic acids is 2. The molecule has 0 saturated carbocycles. The predicted molar refractivity (Wildman–Crippen MR) is 125 cm³/mol. The van der Waals surface area contributed by atoms with Gasteiger partial charge in [0.2, 0.25) is 0 Å². The van der Waals surface area contributed by atoms with Crippen molar-refractivity contribution < 1.29 is 23.8 Å². The second-order valence-corrected chi connectivity index (χ2v) is 8.61. The molecule has 2 aromatic rings. The third kappa shape index (κ3) is 6.48. The van der Waals surface area contributed by atoms with Crippen molar-refractivity contribution in [2.45, 2.75) is 46.1 Å². The number of ether oxygens (including phenoxy) is 3. The Morgan fingerprint density at radius 1 is 1.33 bits per heavy atom. The Morgan fingerprint density at radius 3 is 2.88 bits per heavy atom. The van der Waals surface area contributed by atoms with Gasteiger partial charge < -0.3 is 19.5 Å². The van der Waals surface area contributed by atoms with Gasteiger partial charge in [-0.15, -0.1) is 0 Å². The summed E-state index contributed by atoms with van der Waals surface area (Å²) >= 11 is 5.97. The monoisotopic (exact) mass is 477 g/mol. The van der Waals surface area contributed by atoms with Gasteiger partial charge in [-0.3, -0.25) is 9.48 Å². The fourth-order valence-electron chi connectivity index (χ4n) is 3.85. The molecule has 1 amide bonds. The average Bonchev–Trinajstić information content (AvgIpc) is 3.13. The molecule has 0 fully saturated rings. The molecule has 0 saturated heterocycles. The van der Waals surface area contributed by atoms with Gasteiger partial charge in [-0.05, 0) is 43.9 Å². The normalized spacial score (nSPS) is 15.7. The molecule has 1 aliphatic rings. The first-order valence-electron chi connectivity index (χ1n) is 11.4. The van der Waals surface area contributed by atoms with Crippen LogP contribution < -0.4 is 10.1 Å². The zero-order chi connectivity index (χ0) is 23.8. The van der Waals surface area contributed by atoms with Crippen molar-refractivity contribution in [3.05, 3.63) is 45.7 Å². The number of nitrogens with zero attached hydrogens (tertiary/aromatic N) is 2. The highest BCUT2D eigenvalue weighted by atomic mass is 35.5. The number of carbonyl (C=O) groups is 2. The van der Waals surface area contributed by atoms with Crippen LogP contribution in [-0.4, -0.2) is 55.1 Å². The summed E-state index contributed by atoms with van der Waals surface area (Å²) < 4.78 is 18.3. The number of halogens is 1. The molecule has 180 valence electrons. The molecule has 0 unspecified atom stereocenters. The molecular formula is C24H32ClN3O5. The highest BCUT2D eigenvalue weighted by molar-refractivity contribution is 6.30. The summed E-state index contributed by atoms with van der Waals surface area (Å²) in [5.41, 5.74) is 2.70. The molecule has 1 atom stereocenters. The molecule has 0 bridgehead atoms. The van der Waals surface area contributed by atoms with Crippen molar-refractivity contribution in [3.63, 3.8) is 0 Å². The van der Waals surface area contributed by atoms with Crippen molar-refractivity contribution in [3.8, 4) is 5.75 Å². The van der Waals surface area contributed by atoms with Crippen molar-refractivity contribution >= 4 is 23.5 Å². The standard InChI is InChI=1S/C24H32ClN3O5/c1-4-19-22-20(7-5-11-32-12-6-10-26-23(22)29)28(27-19)14-16(2)15-33-24(30)18-9-8-17(25)13-21(18)31-3/h8-9,13,16H,4-7,10-12,14-15H2,1-3H3,(H,26,29)/t16-/m1/s1. The van der Waals surface area contributed by atoms with Gasteiger partial charge >= 0.3 is 5.97 Å². The van der Waals surface area contributed by atoms with Crippen LogP contribution >= 0.6 is 11.6 Å². The van der Waals surface area contributed by atoms with E-state index in [-0.39, 0.29) is 18.4 Å². The van der Waals surface area contributed by atoms with Gasteiger partial charge in [-0.2, -0.15) is 5.10 Å². The number of methoxy groups -OCH3 is 1. The largest absolute Gasteiger partial charge is 0.496 e. The maximum atomic E-state index is 12.9. The number of hydrogen-bond donors (Lipinski definition) is 1. The van der Waals surface area contributed by atoms with Crippen LogP contribution in [0.25, 0.3) is 0 Å². The quantitative estimate of drug-likeness (QED) is 0.611. The lowest BCUT2D eigenvalue weighted by Crippen LogP contribution is -2.27. The molecule has 0 radical (unpaired) electrons. The number of amides is 1. The van der Waals surface area contributed by atoms with Crippen LogP contribution in [0.5, 0.6) is 5.75 Å². The molecule has 1 aromatic heterocycles. The van der Waals surface area contributed by atoms with E-state index in [4.69, 9.17) is 30.9 Å². The summed E-state index contributed by atoms with van der Waals surface area (Å²) in [6, 6.07) is 4.80. The first kappa shape index (κ1) is 25.1. The molecule has 2 heterocycles. The Morgan fingerprint density at radius 2 is 2.12 bits per heavy atom. The number of rotatable bonds is 7. The van der Waals surface area contributed by atoms with E-state index in [9.17, 15) is 9.59 Å². The second kappa shape index (κ2) is 12.0. The topological polar surface area (TPSA) is 91.7 Å². The molecule has 9 heteroatoms. The summed E-state index contributed by atoms with van der Waals surface area (Å²) in [6.07, 6.45) is 2.97. The first-order valence-corrected chi connectivity index (χ1v) is 11.8. The molecule has 1 aliphatic heterocycles. The van der Waals surface area contributed by atoms with Gasteiger partial charge in [-0.1, -0.05) is 25.4 Å². The van der Waals surface area contributed by atoms with Crippen LogP contribution in [-0.2, 0) is 28.9 Å². The summed E-state index contributed by atoms with van der Waals surface area (Å²) in [6.45, 7) is 6.59. The van der Waals surface area contributed by atoms with Gasteiger partial charge in [0.05, 0.1) is 30.7 Å². The lowest BCUT2D eigenvalue weighted by atomic mass is 10.1. The number of esters is 1. The minimum Gasteiger partial charge on any atom is -0.496 e. The number of aromatic nitrogens is 2. The summed E-state index contributed by atoms with van der Waals surface area (Å²) in [7, 11) is 1.48. The van der Waals surface area contributed by atoms with Gasteiger partial charge in [-0.25, -0.2) is 4.79 Å².